The first kappa shape index (κ1) is 29.1. The number of halogens is 2. The summed E-state index contributed by atoms with van der Waals surface area (Å²) >= 11 is 0. The Morgan fingerprint density at radius 2 is 1.93 bits per heavy atom. The van der Waals surface area contributed by atoms with Crippen LogP contribution in [-0.2, 0) is 6.42 Å². The van der Waals surface area contributed by atoms with Crippen molar-refractivity contribution in [3.63, 3.8) is 0 Å². The minimum absolute atomic E-state index is 0.0741. The van der Waals surface area contributed by atoms with Crippen LogP contribution in [0.3, 0.4) is 0 Å². The van der Waals surface area contributed by atoms with E-state index in [2.05, 4.69) is 50.8 Å². The largest absolute Gasteiger partial charge is 0.493 e. The molecule has 1 amide bonds. The number of rotatable bonds is 13. The Bertz CT molecular complexity index is 1250. The Morgan fingerprint density at radius 3 is 2.58 bits per heavy atom. The number of anilines is 1. The zero-order valence-corrected chi connectivity index (χ0v) is 23.0. The number of ether oxygens (including phenoxy) is 1. The van der Waals surface area contributed by atoms with Crippen LogP contribution in [0.1, 0.15) is 62.2 Å². The zero-order chi connectivity index (χ0) is 28.5. The standard InChI is InChI=1S/C29H36F2N6O3/c1-4-5-10-32-28(38)26-23(30)15-22(16-24(26)31)39-13-6-7-20-8-11-37(12-9-20)29-33-17-21(18-34-29)27-35-25(40-36-27)14-19(2)3/h4,15-20H,1,5-14H2,2-3H3,(H,32,38). The number of hydrogen-bond donors (Lipinski definition) is 1. The number of hydrogen-bond acceptors (Lipinski definition) is 8. The summed E-state index contributed by atoms with van der Waals surface area (Å²) in [5.74, 6) is 0.133. The van der Waals surface area contributed by atoms with Crippen molar-refractivity contribution in [2.45, 2.75) is 52.4 Å². The molecule has 0 atom stereocenters. The SMILES string of the molecule is C=CCCNC(=O)c1c(F)cc(OCCCC2CCN(c3ncc(-c4noc(CC(C)C)n4)cn3)CC2)cc1F. The third-order valence-electron chi connectivity index (χ3n) is 6.75. The van der Waals surface area contributed by atoms with Crippen LogP contribution >= 0.6 is 0 Å². The van der Waals surface area contributed by atoms with Gasteiger partial charge in [-0.05, 0) is 43.9 Å². The molecule has 1 N–H and O–H groups in total. The van der Waals surface area contributed by atoms with Gasteiger partial charge in [-0.1, -0.05) is 25.1 Å². The molecule has 2 aromatic heterocycles. The predicted molar refractivity (Wildman–Crippen MR) is 147 cm³/mol. The van der Waals surface area contributed by atoms with Gasteiger partial charge < -0.3 is 19.5 Å². The van der Waals surface area contributed by atoms with Gasteiger partial charge in [0.05, 0.1) is 12.2 Å². The molecule has 0 aliphatic carbocycles. The second kappa shape index (κ2) is 14.0. The summed E-state index contributed by atoms with van der Waals surface area (Å²) in [6, 6.07) is 2.11. The number of benzene rings is 1. The normalized spacial score (nSPS) is 14.0. The summed E-state index contributed by atoms with van der Waals surface area (Å²) in [4.78, 5) is 27.7. The molecule has 40 heavy (non-hydrogen) atoms. The Labute approximate surface area is 233 Å². The van der Waals surface area contributed by atoms with Gasteiger partial charge in [-0.3, -0.25) is 4.79 Å². The van der Waals surface area contributed by atoms with E-state index in [1.807, 2.05) is 0 Å². The lowest BCUT2D eigenvalue weighted by atomic mass is 9.92. The van der Waals surface area contributed by atoms with E-state index in [9.17, 15) is 13.6 Å². The van der Waals surface area contributed by atoms with Gasteiger partial charge in [0.2, 0.25) is 17.7 Å². The Kier molecular flexibility index (Phi) is 10.2. The lowest BCUT2D eigenvalue weighted by Crippen LogP contribution is -2.34. The molecule has 0 spiro atoms. The molecule has 3 heterocycles. The molecule has 11 heteroatoms. The Morgan fingerprint density at radius 1 is 1.23 bits per heavy atom. The zero-order valence-electron chi connectivity index (χ0n) is 23.0. The molecule has 4 rings (SSSR count). The van der Waals surface area contributed by atoms with E-state index in [0.717, 1.165) is 62.9 Å². The molecule has 1 aliphatic rings. The van der Waals surface area contributed by atoms with Gasteiger partial charge in [-0.25, -0.2) is 18.7 Å². The predicted octanol–water partition coefficient (Wildman–Crippen LogP) is 5.38. The number of nitrogens with zero attached hydrogens (tertiary/aromatic N) is 5. The van der Waals surface area contributed by atoms with Crippen LogP contribution in [-0.4, -0.2) is 52.3 Å². The maximum absolute atomic E-state index is 14.4. The molecular weight excluding hydrogens is 518 g/mol. The summed E-state index contributed by atoms with van der Waals surface area (Å²) in [6.07, 6.45) is 9.99. The number of piperidine rings is 1. The van der Waals surface area contributed by atoms with Gasteiger partial charge in [0.25, 0.3) is 5.91 Å². The monoisotopic (exact) mass is 554 g/mol. The Balaban J connectivity index is 1.19. The van der Waals surface area contributed by atoms with Crippen LogP contribution in [0.4, 0.5) is 14.7 Å². The van der Waals surface area contributed by atoms with E-state index in [4.69, 9.17) is 9.26 Å². The van der Waals surface area contributed by atoms with Crippen LogP contribution in [0.15, 0.2) is 41.7 Å². The van der Waals surface area contributed by atoms with Crippen molar-refractivity contribution in [2.75, 3.05) is 31.1 Å². The second-order valence-electron chi connectivity index (χ2n) is 10.4. The number of aromatic nitrogens is 4. The highest BCUT2D eigenvalue weighted by Gasteiger charge is 2.22. The van der Waals surface area contributed by atoms with Crippen LogP contribution < -0.4 is 15.0 Å². The number of amides is 1. The molecule has 214 valence electrons. The highest BCUT2D eigenvalue weighted by molar-refractivity contribution is 5.94. The van der Waals surface area contributed by atoms with E-state index in [-0.39, 0.29) is 12.3 Å². The van der Waals surface area contributed by atoms with Crippen molar-refractivity contribution >= 4 is 11.9 Å². The van der Waals surface area contributed by atoms with Crippen molar-refractivity contribution in [1.82, 2.24) is 25.4 Å². The first-order valence-electron chi connectivity index (χ1n) is 13.7. The number of carbonyl (C=O) groups excluding carboxylic acids is 1. The molecule has 0 bridgehead atoms. The molecule has 9 nitrogen and oxygen atoms in total. The van der Waals surface area contributed by atoms with E-state index < -0.39 is 23.1 Å². The highest BCUT2D eigenvalue weighted by atomic mass is 19.1. The molecule has 0 unspecified atom stereocenters. The molecule has 1 fully saturated rings. The minimum atomic E-state index is -0.943. The molecule has 1 saturated heterocycles. The average molecular weight is 555 g/mol. The lowest BCUT2D eigenvalue weighted by Gasteiger charge is -2.32. The maximum Gasteiger partial charge on any atom is 0.257 e. The minimum Gasteiger partial charge on any atom is -0.493 e. The Hall–Kier alpha value is -3.89. The third-order valence-corrected chi connectivity index (χ3v) is 6.75. The topological polar surface area (TPSA) is 106 Å². The van der Waals surface area contributed by atoms with Crippen molar-refractivity contribution in [3.05, 3.63) is 60.3 Å². The maximum atomic E-state index is 14.4. The molecule has 1 aliphatic heterocycles. The first-order chi connectivity index (χ1) is 19.3. The average Bonchev–Trinajstić information content (AvgIpc) is 3.39. The molecule has 3 aromatic rings. The fraction of sp³-hybridized carbons (Fsp3) is 0.483. The molecule has 0 radical (unpaired) electrons. The fourth-order valence-electron chi connectivity index (χ4n) is 4.61. The molecule has 1 aromatic carbocycles. The third kappa shape index (κ3) is 7.83. The summed E-state index contributed by atoms with van der Waals surface area (Å²) in [5, 5.41) is 6.50. The smallest absolute Gasteiger partial charge is 0.257 e. The number of nitrogens with one attached hydrogen (secondary N) is 1. The second-order valence-corrected chi connectivity index (χ2v) is 10.4. The fourth-order valence-corrected chi connectivity index (χ4v) is 4.61. The van der Waals surface area contributed by atoms with Crippen LogP contribution in [0.2, 0.25) is 0 Å². The summed E-state index contributed by atoms with van der Waals surface area (Å²) in [7, 11) is 0. The van der Waals surface area contributed by atoms with Gasteiger partial charge in [0.15, 0.2) is 0 Å². The van der Waals surface area contributed by atoms with E-state index >= 15 is 0 Å². The van der Waals surface area contributed by atoms with Crippen LogP contribution in [0.5, 0.6) is 5.75 Å². The van der Waals surface area contributed by atoms with Crippen molar-refractivity contribution in [2.24, 2.45) is 11.8 Å². The van der Waals surface area contributed by atoms with Crippen molar-refractivity contribution in [3.8, 4) is 17.1 Å². The summed E-state index contributed by atoms with van der Waals surface area (Å²) in [6.45, 7) is 10.0. The van der Waals surface area contributed by atoms with Crippen molar-refractivity contribution in [1.29, 1.82) is 0 Å². The van der Waals surface area contributed by atoms with Crippen LogP contribution in [0, 0.1) is 23.5 Å². The van der Waals surface area contributed by atoms with Gasteiger partial charge in [0, 0.05) is 50.6 Å². The van der Waals surface area contributed by atoms with E-state index in [1.165, 1.54) is 0 Å². The van der Waals surface area contributed by atoms with Gasteiger partial charge >= 0.3 is 0 Å². The van der Waals surface area contributed by atoms with E-state index in [0.29, 0.717) is 42.5 Å². The molecular formula is C29H36F2N6O3. The van der Waals surface area contributed by atoms with Crippen LogP contribution in [0.25, 0.3) is 11.4 Å². The highest BCUT2D eigenvalue weighted by Crippen LogP contribution is 2.26. The van der Waals surface area contributed by atoms with Crippen molar-refractivity contribution < 1.29 is 22.8 Å². The quantitative estimate of drug-likeness (QED) is 0.222. The van der Waals surface area contributed by atoms with Gasteiger partial charge in [0.1, 0.15) is 22.9 Å². The lowest BCUT2D eigenvalue weighted by molar-refractivity contribution is 0.0945. The summed E-state index contributed by atoms with van der Waals surface area (Å²) in [5.41, 5.74) is 0.117. The summed E-state index contributed by atoms with van der Waals surface area (Å²) < 4.78 is 39.6. The molecule has 0 saturated carbocycles. The first-order valence-corrected chi connectivity index (χ1v) is 13.7. The number of carbonyl (C=O) groups is 1. The van der Waals surface area contributed by atoms with Gasteiger partial charge in [-0.2, -0.15) is 4.98 Å². The van der Waals surface area contributed by atoms with E-state index in [1.54, 1.807) is 18.5 Å². The van der Waals surface area contributed by atoms with Gasteiger partial charge in [-0.15, -0.1) is 6.58 Å².